The van der Waals surface area contributed by atoms with E-state index in [0.29, 0.717) is 25.1 Å². The smallest absolute Gasteiger partial charge is 0.223 e. The van der Waals surface area contributed by atoms with Gasteiger partial charge in [0.05, 0.1) is 34.4 Å². The number of pyridine rings is 2. The monoisotopic (exact) mass is 382 g/mol. The van der Waals surface area contributed by atoms with Crippen LogP contribution in [0, 0.1) is 18.3 Å². The highest BCUT2D eigenvalue weighted by Crippen LogP contribution is 2.30. The molecule has 1 aliphatic rings. The molecule has 4 aromatic rings. The number of hydrogen-bond donors (Lipinski definition) is 1. The van der Waals surface area contributed by atoms with Gasteiger partial charge in [-0.3, -0.25) is 14.8 Å². The fraction of sp³-hybridized carbons (Fsp3) is 0.227. The molecule has 5 rings (SSSR count). The van der Waals surface area contributed by atoms with Gasteiger partial charge in [0.15, 0.2) is 0 Å². The van der Waals surface area contributed by atoms with Crippen molar-refractivity contribution in [3.05, 3.63) is 65.4 Å². The minimum Gasteiger partial charge on any atom is -0.340 e. The summed E-state index contributed by atoms with van der Waals surface area (Å²) in [5, 5.41) is 10.0. The summed E-state index contributed by atoms with van der Waals surface area (Å²) in [5.41, 5.74) is 4.96. The van der Waals surface area contributed by atoms with Crippen LogP contribution in [0.5, 0.6) is 0 Å². The molecule has 0 spiro atoms. The number of nitrogens with one attached hydrogen (secondary N) is 1. The Balaban J connectivity index is 1.45. The minimum absolute atomic E-state index is 0.00232. The number of amides is 1. The Labute approximate surface area is 167 Å². The Hall–Kier alpha value is -3.79. The van der Waals surface area contributed by atoms with E-state index in [2.05, 4.69) is 21.0 Å². The number of likely N-dealkylation sites (tertiary alicyclic amines) is 1. The second kappa shape index (κ2) is 6.67. The van der Waals surface area contributed by atoms with Crippen molar-refractivity contribution in [2.75, 3.05) is 6.54 Å². The van der Waals surface area contributed by atoms with Crippen LogP contribution in [-0.4, -0.2) is 37.3 Å². The lowest BCUT2D eigenvalue weighted by Gasteiger charge is -2.16. The SMILES string of the molecule is Cc1ccc(CN2CC(c3nc4c(cnc5ccc(C#N)cc54)[nH]3)CC2=O)cn1. The van der Waals surface area contributed by atoms with E-state index in [-0.39, 0.29) is 11.8 Å². The van der Waals surface area contributed by atoms with E-state index in [0.717, 1.165) is 39.0 Å². The lowest BCUT2D eigenvalue weighted by molar-refractivity contribution is -0.128. The van der Waals surface area contributed by atoms with Crippen LogP contribution in [0.15, 0.2) is 42.7 Å². The number of rotatable bonds is 3. The normalized spacial score (nSPS) is 16.6. The van der Waals surface area contributed by atoms with E-state index in [9.17, 15) is 10.1 Å². The molecule has 1 fully saturated rings. The molecule has 1 atom stereocenters. The maximum atomic E-state index is 12.6. The van der Waals surface area contributed by atoms with Crippen LogP contribution >= 0.6 is 0 Å². The molecule has 7 nitrogen and oxygen atoms in total. The first kappa shape index (κ1) is 17.3. The molecular formula is C22H18N6O. The molecule has 1 amide bonds. The fourth-order valence-electron chi connectivity index (χ4n) is 3.86. The Morgan fingerprint density at radius 2 is 2.14 bits per heavy atom. The number of aromatic amines is 1. The zero-order valence-corrected chi connectivity index (χ0v) is 15.9. The third kappa shape index (κ3) is 3.09. The Bertz CT molecular complexity index is 1280. The van der Waals surface area contributed by atoms with Crippen LogP contribution in [0.1, 0.15) is 35.0 Å². The second-order valence-electron chi connectivity index (χ2n) is 7.47. The molecule has 0 aliphatic carbocycles. The largest absolute Gasteiger partial charge is 0.340 e. The summed E-state index contributed by atoms with van der Waals surface area (Å²) in [6, 6.07) is 11.5. The number of aryl methyl sites for hydroxylation is 1. The minimum atomic E-state index is 0.00232. The molecule has 4 heterocycles. The first-order chi connectivity index (χ1) is 14.1. The van der Waals surface area contributed by atoms with E-state index in [1.54, 1.807) is 12.3 Å². The van der Waals surface area contributed by atoms with Gasteiger partial charge >= 0.3 is 0 Å². The molecule has 1 aliphatic heterocycles. The molecule has 1 N–H and O–H groups in total. The summed E-state index contributed by atoms with van der Waals surface area (Å²) < 4.78 is 0. The highest BCUT2D eigenvalue weighted by molar-refractivity contribution is 6.02. The van der Waals surface area contributed by atoms with Gasteiger partial charge in [-0.2, -0.15) is 5.26 Å². The van der Waals surface area contributed by atoms with Gasteiger partial charge in [0.1, 0.15) is 5.82 Å². The molecule has 29 heavy (non-hydrogen) atoms. The average molecular weight is 382 g/mol. The van der Waals surface area contributed by atoms with Gasteiger partial charge in [-0.15, -0.1) is 0 Å². The number of carbonyl (C=O) groups excluding carboxylic acids is 1. The molecule has 1 unspecified atom stereocenters. The lowest BCUT2D eigenvalue weighted by Crippen LogP contribution is -2.24. The van der Waals surface area contributed by atoms with Crippen molar-refractivity contribution >= 4 is 27.8 Å². The van der Waals surface area contributed by atoms with Crippen molar-refractivity contribution in [2.24, 2.45) is 0 Å². The molecule has 1 aromatic carbocycles. The number of hydrogen-bond acceptors (Lipinski definition) is 5. The molecule has 142 valence electrons. The van der Waals surface area contributed by atoms with E-state index in [1.165, 1.54) is 0 Å². The Morgan fingerprint density at radius 3 is 2.93 bits per heavy atom. The summed E-state index contributed by atoms with van der Waals surface area (Å²) in [4.78, 5) is 31.3. The van der Waals surface area contributed by atoms with Crippen molar-refractivity contribution in [1.29, 1.82) is 5.26 Å². The molecule has 7 heteroatoms. The first-order valence-corrected chi connectivity index (χ1v) is 9.48. The average Bonchev–Trinajstić information content (AvgIpc) is 3.33. The van der Waals surface area contributed by atoms with Crippen molar-refractivity contribution in [3.63, 3.8) is 0 Å². The molecule has 0 saturated carbocycles. The molecule has 1 saturated heterocycles. The fourth-order valence-corrected chi connectivity index (χ4v) is 3.86. The van der Waals surface area contributed by atoms with Gasteiger partial charge < -0.3 is 9.88 Å². The Morgan fingerprint density at radius 1 is 1.24 bits per heavy atom. The zero-order chi connectivity index (χ0) is 20.0. The van der Waals surface area contributed by atoms with Crippen LogP contribution in [0.3, 0.4) is 0 Å². The second-order valence-corrected chi connectivity index (χ2v) is 7.47. The maximum absolute atomic E-state index is 12.6. The summed E-state index contributed by atoms with van der Waals surface area (Å²) in [6.45, 7) is 3.11. The van der Waals surface area contributed by atoms with Crippen LogP contribution in [0.4, 0.5) is 0 Å². The topological polar surface area (TPSA) is 98.6 Å². The summed E-state index contributed by atoms with van der Waals surface area (Å²) >= 11 is 0. The number of fused-ring (bicyclic) bond motifs is 3. The summed E-state index contributed by atoms with van der Waals surface area (Å²) in [5.74, 6) is 0.905. The molecule has 0 radical (unpaired) electrons. The zero-order valence-electron chi connectivity index (χ0n) is 15.9. The quantitative estimate of drug-likeness (QED) is 0.587. The van der Waals surface area contributed by atoms with Crippen molar-refractivity contribution in [2.45, 2.75) is 25.8 Å². The third-order valence-corrected chi connectivity index (χ3v) is 5.41. The molecular weight excluding hydrogens is 364 g/mol. The van der Waals surface area contributed by atoms with E-state index in [4.69, 9.17) is 4.98 Å². The van der Waals surface area contributed by atoms with Crippen molar-refractivity contribution in [3.8, 4) is 6.07 Å². The number of benzene rings is 1. The number of imidazole rings is 1. The van der Waals surface area contributed by atoms with E-state index in [1.807, 2.05) is 42.3 Å². The highest BCUT2D eigenvalue weighted by atomic mass is 16.2. The van der Waals surface area contributed by atoms with Gasteiger partial charge in [-0.05, 0) is 36.8 Å². The summed E-state index contributed by atoms with van der Waals surface area (Å²) in [6.07, 6.45) is 4.00. The number of carbonyl (C=O) groups is 1. The third-order valence-electron chi connectivity index (χ3n) is 5.41. The van der Waals surface area contributed by atoms with Gasteiger partial charge in [0.2, 0.25) is 5.91 Å². The molecule has 3 aromatic heterocycles. The highest BCUT2D eigenvalue weighted by Gasteiger charge is 2.32. The van der Waals surface area contributed by atoms with Crippen LogP contribution in [-0.2, 0) is 11.3 Å². The van der Waals surface area contributed by atoms with Crippen LogP contribution in [0.2, 0.25) is 0 Å². The van der Waals surface area contributed by atoms with Gasteiger partial charge in [-0.1, -0.05) is 6.07 Å². The maximum Gasteiger partial charge on any atom is 0.223 e. The number of nitriles is 1. The van der Waals surface area contributed by atoms with Crippen molar-refractivity contribution < 1.29 is 4.79 Å². The van der Waals surface area contributed by atoms with E-state index >= 15 is 0 Å². The van der Waals surface area contributed by atoms with Crippen LogP contribution < -0.4 is 0 Å². The van der Waals surface area contributed by atoms with Gasteiger partial charge in [0.25, 0.3) is 0 Å². The van der Waals surface area contributed by atoms with Gasteiger partial charge in [0, 0.05) is 42.7 Å². The standard InChI is InChI=1S/C22H18N6O/c1-13-2-3-15(9-24-13)11-28-12-16(7-20(28)29)22-26-19-10-25-18-5-4-14(8-23)6-17(18)21(19)27-22/h2-6,9-10,16H,7,11-12H2,1H3,(H,26,27). The Kier molecular flexibility index (Phi) is 3.98. The van der Waals surface area contributed by atoms with Crippen molar-refractivity contribution in [1.82, 2.24) is 24.8 Å². The molecule has 0 bridgehead atoms. The lowest BCUT2D eigenvalue weighted by atomic mass is 10.1. The van der Waals surface area contributed by atoms with Gasteiger partial charge in [-0.25, -0.2) is 4.98 Å². The number of H-pyrrole nitrogens is 1. The predicted octanol–water partition coefficient (Wildman–Crippen LogP) is 3.20. The predicted molar refractivity (Wildman–Crippen MR) is 108 cm³/mol. The summed E-state index contributed by atoms with van der Waals surface area (Å²) in [7, 11) is 0. The first-order valence-electron chi connectivity index (χ1n) is 9.48. The number of nitrogens with zero attached hydrogens (tertiary/aromatic N) is 5. The van der Waals surface area contributed by atoms with E-state index < -0.39 is 0 Å². The number of aromatic nitrogens is 4. The van der Waals surface area contributed by atoms with Crippen LogP contribution in [0.25, 0.3) is 21.9 Å².